The summed E-state index contributed by atoms with van der Waals surface area (Å²) >= 11 is 6.13. The number of amides is 1. The summed E-state index contributed by atoms with van der Waals surface area (Å²) in [6.07, 6.45) is 3.99. The van der Waals surface area contributed by atoms with E-state index in [4.69, 9.17) is 16.6 Å². The number of nitrogens with one attached hydrogen (secondary N) is 1. The van der Waals surface area contributed by atoms with E-state index < -0.39 is 0 Å². The number of benzene rings is 1. The van der Waals surface area contributed by atoms with Crippen molar-refractivity contribution in [3.63, 3.8) is 0 Å². The second-order valence-corrected chi connectivity index (χ2v) is 6.13. The molecule has 0 fully saturated rings. The smallest absolute Gasteiger partial charge is 0.220 e. The van der Waals surface area contributed by atoms with E-state index in [9.17, 15) is 4.79 Å². The molecule has 24 heavy (non-hydrogen) atoms. The lowest BCUT2D eigenvalue weighted by atomic mass is 10.1. The highest BCUT2D eigenvalue weighted by molar-refractivity contribution is 6.30. The van der Waals surface area contributed by atoms with Crippen molar-refractivity contribution in [3.8, 4) is 11.3 Å². The largest absolute Gasteiger partial charge is 0.356 e. The molecule has 0 spiro atoms. The third-order valence-corrected chi connectivity index (χ3v) is 4.12. The molecule has 4 nitrogen and oxygen atoms in total. The summed E-state index contributed by atoms with van der Waals surface area (Å²) in [7, 11) is 0. The lowest BCUT2D eigenvalue weighted by molar-refractivity contribution is -0.121. The van der Waals surface area contributed by atoms with Gasteiger partial charge in [0.05, 0.1) is 11.4 Å². The number of rotatable bonds is 6. The molecule has 3 rings (SSSR count). The van der Waals surface area contributed by atoms with Gasteiger partial charge in [0.15, 0.2) is 0 Å². The SMILES string of the molecule is CCCNC(=O)CCc1c(-c2cccc(Cl)c2)nc2ccccn12. The molecular weight excluding hydrogens is 322 g/mol. The van der Waals surface area contributed by atoms with Crippen LogP contribution in [0.2, 0.25) is 5.02 Å². The predicted octanol–water partition coefficient (Wildman–Crippen LogP) is 4.11. The van der Waals surface area contributed by atoms with Gasteiger partial charge in [0.25, 0.3) is 0 Å². The van der Waals surface area contributed by atoms with Crippen molar-refractivity contribution < 1.29 is 4.79 Å². The normalized spacial score (nSPS) is 10.9. The van der Waals surface area contributed by atoms with Crippen molar-refractivity contribution in [2.24, 2.45) is 0 Å². The molecule has 3 aromatic rings. The van der Waals surface area contributed by atoms with E-state index in [1.807, 2.05) is 60.0 Å². The van der Waals surface area contributed by atoms with Crippen LogP contribution in [-0.4, -0.2) is 21.8 Å². The van der Waals surface area contributed by atoms with Gasteiger partial charge in [0.1, 0.15) is 5.65 Å². The Hall–Kier alpha value is -2.33. The molecule has 1 aromatic carbocycles. The first-order valence-electron chi connectivity index (χ1n) is 8.17. The summed E-state index contributed by atoms with van der Waals surface area (Å²) in [5.41, 5.74) is 3.75. The number of nitrogens with zero attached hydrogens (tertiary/aromatic N) is 2. The van der Waals surface area contributed by atoms with Crippen LogP contribution < -0.4 is 5.32 Å². The molecule has 2 aromatic heterocycles. The van der Waals surface area contributed by atoms with Crippen molar-refractivity contribution in [3.05, 3.63) is 59.4 Å². The van der Waals surface area contributed by atoms with Crippen LogP contribution in [0.4, 0.5) is 0 Å². The number of fused-ring (bicyclic) bond motifs is 1. The van der Waals surface area contributed by atoms with E-state index in [0.717, 1.165) is 29.0 Å². The Bertz CT molecular complexity index is 857. The first-order chi connectivity index (χ1) is 11.7. The Morgan fingerprint density at radius 1 is 1.25 bits per heavy atom. The summed E-state index contributed by atoms with van der Waals surface area (Å²) in [5, 5.41) is 3.60. The van der Waals surface area contributed by atoms with E-state index >= 15 is 0 Å². The second kappa shape index (κ2) is 7.49. The number of carbonyl (C=O) groups is 1. The summed E-state index contributed by atoms with van der Waals surface area (Å²) in [5.74, 6) is 0.0692. The van der Waals surface area contributed by atoms with Gasteiger partial charge in [0, 0.05) is 29.7 Å². The highest BCUT2D eigenvalue weighted by atomic mass is 35.5. The molecule has 0 radical (unpaired) electrons. The lowest BCUT2D eigenvalue weighted by Gasteiger charge is -2.07. The predicted molar refractivity (Wildman–Crippen MR) is 97.3 cm³/mol. The number of carbonyl (C=O) groups excluding carboxylic acids is 1. The Labute approximate surface area is 146 Å². The maximum absolute atomic E-state index is 12.0. The number of aromatic nitrogens is 2. The summed E-state index contributed by atoms with van der Waals surface area (Å²) in [6.45, 7) is 2.76. The number of hydrogen-bond acceptors (Lipinski definition) is 2. The van der Waals surface area contributed by atoms with Gasteiger partial charge in [0.2, 0.25) is 5.91 Å². The van der Waals surface area contributed by atoms with Gasteiger partial charge in [-0.15, -0.1) is 0 Å². The molecule has 0 aliphatic carbocycles. The standard InChI is InChI=1S/C19H20ClN3O/c1-2-11-21-18(24)10-9-16-19(14-6-5-7-15(20)13-14)22-17-8-3-4-12-23(16)17/h3-8,12-13H,2,9-11H2,1H3,(H,21,24). The third kappa shape index (κ3) is 3.60. The first kappa shape index (κ1) is 16.5. The van der Waals surface area contributed by atoms with Gasteiger partial charge in [-0.2, -0.15) is 0 Å². The number of aryl methyl sites for hydroxylation is 1. The van der Waals surface area contributed by atoms with Gasteiger partial charge >= 0.3 is 0 Å². The topological polar surface area (TPSA) is 46.4 Å². The molecule has 0 atom stereocenters. The molecule has 1 amide bonds. The quantitative estimate of drug-likeness (QED) is 0.733. The van der Waals surface area contributed by atoms with Crippen LogP contribution in [0, 0.1) is 0 Å². The van der Waals surface area contributed by atoms with Gasteiger partial charge in [-0.3, -0.25) is 4.79 Å². The van der Waals surface area contributed by atoms with Crippen LogP contribution in [0.5, 0.6) is 0 Å². The number of halogens is 1. The molecule has 0 bridgehead atoms. The Morgan fingerprint density at radius 3 is 2.92 bits per heavy atom. The summed E-state index contributed by atoms with van der Waals surface area (Å²) in [6, 6.07) is 13.6. The van der Waals surface area contributed by atoms with E-state index in [-0.39, 0.29) is 5.91 Å². The molecule has 124 valence electrons. The fourth-order valence-electron chi connectivity index (χ4n) is 2.74. The fourth-order valence-corrected chi connectivity index (χ4v) is 2.93. The molecule has 0 aliphatic heterocycles. The molecule has 2 heterocycles. The lowest BCUT2D eigenvalue weighted by Crippen LogP contribution is -2.24. The number of hydrogen-bond donors (Lipinski definition) is 1. The Balaban J connectivity index is 1.95. The highest BCUT2D eigenvalue weighted by Gasteiger charge is 2.15. The van der Waals surface area contributed by atoms with E-state index in [0.29, 0.717) is 24.4 Å². The van der Waals surface area contributed by atoms with Crippen molar-refractivity contribution in [2.75, 3.05) is 6.54 Å². The minimum Gasteiger partial charge on any atom is -0.356 e. The van der Waals surface area contributed by atoms with Crippen LogP contribution >= 0.6 is 11.6 Å². The van der Waals surface area contributed by atoms with Crippen LogP contribution in [0.15, 0.2) is 48.7 Å². The van der Waals surface area contributed by atoms with Crippen molar-refractivity contribution in [2.45, 2.75) is 26.2 Å². The molecule has 5 heteroatoms. The summed E-state index contributed by atoms with van der Waals surface area (Å²) < 4.78 is 2.04. The van der Waals surface area contributed by atoms with Crippen molar-refractivity contribution in [1.29, 1.82) is 0 Å². The average molecular weight is 342 g/mol. The molecule has 0 saturated carbocycles. The molecule has 0 saturated heterocycles. The van der Waals surface area contributed by atoms with Crippen LogP contribution in [0.3, 0.4) is 0 Å². The van der Waals surface area contributed by atoms with Gasteiger partial charge in [-0.25, -0.2) is 4.98 Å². The molecule has 1 N–H and O–H groups in total. The zero-order valence-corrected chi connectivity index (χ0v) is 14.4. The highest BCUT2D eigenvalue weighted by Crippen LogP contribution is 2.27. The van der Waals surface area contributed by atoms with Gasteiger partial charge in [-0.05, 0) is 37.1 Å². The van der Waals surface area contributed by atoms with E-state index in [2.05, 4.69) is 5.32 Å². The summed E-state index contributed by atoms with van der Waals surface area (Å²) in [4.78, 5) is 16.7. The van der Waals surface area contributed by atoms with Crippen molar-refractivity contribution >= 4 is 23.2 Å². The Kier molecular flexibility index (Phi) is 5.16. The van der Waals surface area contributed by atoms with Crippen LogP contribution in [0.25, 0.3) is 16.9 Å². The van der Waals surface area contributed by atoms with Gasteiger partial charge < -0.3 is 9.72 Å². The van der Waals surface area contributed by atoms with Crippen LogP contribution in [-0.2, 0) is 11.2 Å². The Morgan fingerprint density at radius 2 is 2.12 bits per heavy atom. The van der Waals surface area contributed by atoms with Crippen LogP contribution in [0.1, 0.15) is 25.5 Å². The minimum atomic E-state index is 0.0692. The zero-order chi connectivity index (χ0) is 16.9. The molecular formula is C19H20ClN3O. The minimum absolute atomic E-state index is 0.0692. The van der Waals surface area contributed by atoms with E-state index in [1.54, 1.807) is 0 Å². The molecule has 0 unspecified atom stereocenters. The van der Waals surface area contributed by atoms with Gasteiger partial charge in [-0.1, -0.05) is 36.7 Å². The van der Waals surface area contributed by atoms with Crippen molar-refractivity contribution in [1.82, 2.24) is 14.7 Å². The number of pyridine rings is 1. The monoisotopic (exact) mass is 341 g/mol. The fraction of sp³-hybridized carbons (Fsp3) is 0.263. The first-order valence-corrected chi connectivity index (χ1v) is 8.55. The number of imidazole rings is 1. The molecule has 0 aliphatic rings. The maximum Gasteiger partial charge on any atom is 0.220 e. The van der Waals surface area contributed by atoms with E-state index in [1.165, 1.54) is 0 Å². The maximum atomic E-state index is 12.0. The second-order valence-electron chi connectivity index (χ2n) is 5.70. The average Bonchev–Trinajstić information content (AvgIpc) is 2.97. The third-order valence-electron chi connectivity index (χ3n) is 3.89. The zero-order valence-electron chi connectivity index (χ0n) is 13.6.